The summed E-state index contributed by atoms with van der Waals surface area (Å²) >= 11 is 0. The number of aliphatic carboxylic acids is 4. The molecule has 0 aliphatic carbocycles. The molecular formula is C16H26O8. The summed E-state index contributed by atoms with van der Waals surface area (Å²) in [6, 6.07) is 0. The molecule has 0 fully saturated rings. The maximum atomic E-state index is 11.4. The summed E-state index contributed by atoms with van der Waals surface area (Å²) in [7, 11) is 0. The molecule has 0 spiro atoms. The van der Waals surface area contributed by atoms with Crippen molar-refractivity contribution in [1.82, 2.24) is 0 Å². The lowest BCUT2D eigenvalue weighted by Gasteiger charge is -2.22. The first kappa shape index (κ1) is 21.9. The smallest absolute Gasteiger partial charge is 0.307 e. The van der Waals surface area contributed by atoms with Gasteiger partial charge in [-0.2, -0.15) is 0 Å². The Kier molecular flexibility index (Phi) is 9.68. The van der Waals surface area contributed by atoms with Crippen molar-refractivity contribution in [1.29, 1.82) is 0 Å². The normalized spacial score (nSPS) is 15.9. The zero-order valence-corrected chi connectivity index (χ0v) is 14.0. The monoisotopic (exact) mass is 346 g/mol. The lowest BCUT2D eigenvalue weighted by molar-refractivity contribution is -0.155. The minimum absolute atomic E-state index is 0.00237. The average molecular weight is 346 g/mol. The average Bonchev–Trinajstić information content (AvgIpc) is 2.47. The molecule has 4 N–H and O–H groups in total. The van der Waals surface area contributed by atoms with Gasteiger partial charge in [-0.25, -0.2) is 0 Å². The Labute approximate surface area is 140 Å². The van der Waals surface area contributed by atoms with E-state index in [2.05, 4.69) is 0 Å². The van der Waals surface area contributed by atoms with Gasteiger partial charge in [0, 0.05) is 0 Å². The van der Waals surface area contributed by atoms with Gasteiger partial charge in [-0.1, -0.05) is 26.7 Å². The second-order valence-corrected chi connectivity index (χ2v) is 5.91. The van der Waals surface area contributed by atoms with Gasteiger partial charge in [-0.3, -0.25) is 19.2 Å². The van der Waals surface area contributed by atoms with Crippen LogP contribution in [0.15, 0.2) is 0 Å². The highest BCUT2D eigenvalue weighted by molar-refractivity contribution is 5.80. The standard InChI is InChI=1S/C16H26O8/c1-3-6-10(14(19)20)12(16(23)24)8-5-7-11(15(21)22)9(4-2)13(17)18/h9-12H,3-8H2,1-2H3,(H,17,18)(H,19,20)(H,21,22)(H,23,24). The first-order chi connectivity index (χ1) is 11.2. The second-order valence-electron chi connectivity index (χ2n) is 5.91. The summed E-state index contributed by atoms with van der Waals surface area (Å²) in [5.74, 6) is -9.15. The summed E-state index contributed by atoms with van der Waals surface area (Å²) in [5.41, 5.74) is 0. The Balaban J connectivity index is 4.96. The highest BCUT2D eigenvalue weighted by atomic mass is 16.4. The summed E-state index contributed by atoms with van der Waals surface area (Å²) in [6.45, 7) is 3.34. The van der Waals surface area contributed by atoms with Crippen molar-refractivity contribution < 1.29 is 39.6 Å². The van der Waals surface area contributed by atoms with E-state index in [9.17, 15) is 34.5 Å². The third-order valence-corrected chi connectivity index (χ3v) is 4.31. The molecule has 0 saturated heterocycles. The lowest BCUT2D eigenvalue weighted by atomic mass is 9.81. The number of carboxylic acids is 4. The molecule has 0 aromatic rings. The fraction of sp³-hybridized carbons (Fsp3) is 0.750. The van der Waals surface area contributed by atoms with Gasteiger partial charge in [0.15, 0.2) is 0 Å². The number of rotatable bonds is 13. The van der Waals surface area contributed by atoms with Crippen molar-refractivity contribution in [2.75, 3.05) is 0 Å². The van der Waals surface area contributed by atoms with Gasteiger partial charge in [-0.05, 0) is 25.7 Å². The number of carbonyl (C=O) groups is 4. The van der Waals surface area contributed by atoms with E-state index in [1.54, 1.807) is 13.8 Å². The number of carboxylic acid groups (broad SMARTS) is 4. The molecule has 0 heterocycles. The Morgan fingerprint density at radius 3 is 1.25 bits per heavy atom. The molecule has 0 aromatic carbocycles. The zero-order chi connectivity index (χ0) is 18.9. The van der Waals surface area contributed by atoms with Crippen LogP contribution in [0.4, 0.5) is 0 Å². The topological polar surface area (TPSA) is 149 Å². The molecule has 8 nitrogen and oxygen atoms in total. The van der Waals surface area contributed by atoms with E-state index in [0.29, 0.717) is 6.42 Å². The van der Waals surface area contributed by atoms with Crippen molar-refractivity contribution in [3.05, 3.63) is 0 Å². The van der Waals surface area contributed by atoms with Gasteiger partial charge < -0.3 is 20.4 Å². The van der Waals surface area contributed by atoms with E-state index in [1.807, 2.05) is 0 Å². The van der Waals surface area contributed by atoms with Gasteiger partial charge in [0.2, 0.25) is 0 Å². The highest BCUT2D eigenvalue weighted by Crippen LogP contribution is 2.28. The molecule has 0 rings (SSSR count). The predicted octanol–water partition coefficient (Wildman–Crippen LogP) is 2.17. The third kappa shape index (κ3) is 6.55. The van der Waals surface area contributed by atoms with E-state index < -0.39 is 47.5 Å². The third-order valence-electron chi connectivity index (χ3n) is 4.31. The molecule has 0 bridgehead atoms. The Hall–Kier alpha value is -2.12. The first-order valence-electron chi connectivity index (χ1n) is 8.08. The van der Waals surface area contributed by atoms with E-state index in [-0.39, 0.29) is 32.1 Å². The fourth-order valence-corrected chi connectivity index (χ4v) is 2.99. The van der Waals surface area contributed by atoms with E-state index in [0.717, 1.165) is 0 Å². The van der Waals surface area contributed by atoms with Crippen molar-refractivity contribution in [2.45, 2.75) is 52.4 Å². The van der Waals surface area contributed by atoms with Gasteiger partial charge in [0.1, 0.15) is 0 Å². The molecular weight excluding hydrogens is 320 g/mol. The molecule has 0 amide bonds. The van der Waals surface area contributed by atoms with Crippen LogP contribution in [0.1, 0.15) is 52.4 Å². The van der Waals surface area contributed by atoms with Crippen molar-refractivity contribution in [3.63, 3.8) is 0 Å². The second kappa shape index (κ2) is 10.6. The van der Waals surface area contributed by atoms with Gasteiger partial charge in [0.25, 0.3) is 0 Å². The van der Waals surface area contributed by atoms with E-state index in [1.165, 1.54) is 0 Å². The molecule has 0 aromatic heterocycles. The van der Waals surface area contributed by atoms with E-state index >= 15 is 0 Å². The van der Waals surface area contributed by atoms with Crippen LogP contribution in [-0.2, 0) is 19.2 Å². The Bertz CT molecular complexity index is 459. The molecule has 0 saturated carbocycles. The minimum Gasteiger partial charge on any atom is -0.481 e. The molecule has 4 unspecified atom stereocenters. The summed E-state index contributed by atoms with van der Waals surface area (Å²) < 4.78 is 0. The quantitative estimate of drug-likeness (QED) is 0.396. The van der Waals surface area contributed by atoms with Crippen LogP contribution in [0.2, 0.25) is 0 Å². The summed E-state index contributed by atoms with van der Waals surface area (Å²) in [4.78, 5) is 45.0. The molecule has 8 heteroatoms. The number of hydrogen-bond donors (Lipinski definition) is 4. The van der Waals surface area contributed by atoms with Crippen LogP contribution in [0, 0.1) is 23.7 Å². The van der Waals surface area contributed by atoms with Gasteiger partial charge in [-0.15, -0.1) is 0 Å². The first-order valence-corrected chi connectivity index (χ1v) is 8.08. The van der Waals surface area contributed by atoms with Crippen LogP contribution < -0.4 is 0 Å². The Morgan fingerprint density at radius 1 is 0.625 bits per heavy atom. The lowest BCUT2D eigenvalue weighted by Crippen LogP contribution is -2.31. The molecule has 0 radical (unpaired) electrons. The van der Waals surface area contributed by atoms with Crippen LogP contribution >= 0.6 is 0 Å². The molecule has 24 heavy (non-hydrogen) atoms. The van der Waals surface area contributed by atoms with Gasteiger partial charge >= 0.3 is 23.9 Å². The van der Waals surface area contributed by atoms with Crippen LogP contribution in [0.5, 0.6) is 0 Å². The van der Waals surface area contributed by atoms with Crippen LogP contribution in [0.25, 0.3) is 0 Å². The summed E-state index contributed by atoms with van der Waals surface area (Å²) in [6.07, 6.45) is 1.05. The van der Waals surface area contributed by atoms with Crippen LogP contribution in [0.3, 0.4) is 0 Å². The predicted molar refractivity (Wildman–Crippen MR) is 83.6 cm³/mol. The van der Waals surface area contributed by atoms with Gasteiger partial charge in [0.05, 0.1) is 23.7 Å². The summed E-state index contributed by atoms with van der Waals surface area (Å²) in [5, 5.41) is 36.7. The van der Waals surface area contributed by atoms with E-state index in [4.69, 9.17) is 5.11 Å². The zero-order valence-electron chi connectivity index (χ0n) is 14.0. The molecule has 0 aliphatic heterocycles. The van der Waals surface area contributed by atoms with Crippen molar-refractivity contribution in [3.8, 4) is 0 Å². The highest BCUT2D eigenvalue weighted by Gasteiger charge is 2.35. The molecule has 4 atom stereocenters. The Morgan fingerprint density at radius 2 is 0.958 bits per heavy atom. The van der Waals surface area contributed by atoms with Crippen molar-refractivity contribution >= 4 is 23.9 Å². The largest absolute Gasteiger partial charge is 0.481 e. The fourth-order valence-electron chi connectivity index (χ4n) is 2.99. The maximum absolute atomic E-state index is 11.4. The minimum atomic E-state index is -1.24. The molecule has 0 aliphatic rings. The van der Waals surface area contributed by atoms with Crippen molar-refractivity contribution in [2.24, 2.45) is 23.7 Å². The maximum Gasteiger partial charge on any atom is 0.307 e. The SMILES string of the molecule is CCCC(C(=O)O)C(CCCC(C(=O)O)C(CC)C(=O)O)C(=O)O. The van der Waals surface area contributed by atoms with Crippen LogP contribution in [-0.4, -0.2) is 44.3 Å². The molecule has 138 valence electrons. The number of hydrogen-bond acceptors (Lipinski definition) is 4.